The van der Waals surface area contributed by atoms with Crippen LogP contribution in [-0.4, -0.2) is 53.7 Å². The van der Waals surface area contributed by atoms with Gasteiger partial charge in [0.25, 0.3) is 5.91 Å². The summed E-state index contributed by atoms with van der Waals surface area (Å²) < 4.78 is 0. The highest BCUT2D eigenvalue weighted by Crippen LogP contribution is 2.16. The first-order valence-corrected chi connectivity index (χ1v) is 8.45. The molecule has 0 spiro atoms. The van der Waals surface area contributed by atoms with E-state index in [-0.39, 0.29) is 5.91 Å². The first-order valence-electron chi connectivity index (χ1n) is 8.45. The zero-order chi connectivity index (χ0) is 16.8. The van der Waals surface area contributed by atoms with Crippen LogP contribution in [0.3, 0.4) is 0 Å². The van der Waals surface area contributed by atoms with Gasteiger partial charge in [-0.2, -0.15) is 0 Å². The minimum Gasteiger partial charge on any atom is -0.369 e. The summed E-state index contributed by atoms with van der Waals surface area (Å²) in [5, 5.41) is 11.3. The maximum atomic E-state index is 12.6. The van der Waals surface area contributed by atoms with Crippen LogP contribution >= 0.6 is 0 Å². The number of hydrogen-bond donors (Lipinski definition) is 1. The maximum absolute atomic E-state index is 12.6. The van der Waals surface area contributed by atoms with E-state index in [2.05, 4.69) is 39.5 Å². The summed E-state index contributed by atoms with van der Waals surface area (Å²) in [5.74, 6) is 0.666. The summed E-state index contributed by atoms with van der Waals surface area (Å²) in [7, 11) is 0. The van der Waals surface area contributed by atoms with Gasteiger partial charge in [-0.1, -0.05) is 25.1 Å². The summed E-state index contributed by atoms with van der Waals surface area (Å²) in [4.78, 5) is 16.7. The molecule has 1 N–H and O–H groups in total. The molecule has 1 fully saturated rings. The van der Waals surface area contributed by atoms with Crippen LogP contribution in [0.4, 0.5) is 11.5 Å². The van der Waals surface area contributed by atoms with Crippen LogP contribution in [0.2, 0.25) is 0 Å². The number of anilines is 2. The van der Waals surface area contributed by atoms with E-state index in [0.29, 0.717) is 24.6 Å². The molecule has 1 aromatic heterocycles. The zero-order valence-electron chi connectivity index (χ0n) is 14.0. The number of aromatic nitrogens is 2. The Hall–Kier alpha value is -2.63. The zero-order valence-corrected chi connectivity index (χ0v) is 14.0. The second-order valence-corrected chi connectivity index (χ2v) is 5.85. The van der Waals surface area contributed by atoms with E-state index in [1.165, 1.54) is 5.69 Å². The second kappa shape index (κ2) is 7.77. The van der Waals surface area contributed by atoms with Gasteiger partial charge in [-0.25, -0.2) is 0 Å². The standard InChI is InChI=1S/C18H23N5O/c1-2-10-19-17-9-8-16(20-21-17)18(24)23-13-11-22(12-14-23)15-6-4-3-5-7-15/h3-9H,2,10-14H2,1H3,(H,19,21). The normalized spacial score (nSPS) is 14.5. The highest BCUT2D eigenvalue weighted by Gasteiger charge is 2.23. The molecule has 1 amide bonds. The summed E-state index contributed by atoms with van der Waals surface area (Å²) in [6.45, 7) is 6.01. The Balaban J connectivity index is 1.57. The monoisotopic (exact) mass is 325 g/mol. The molecule has 126 valence electrons. The topological polar surface area (TPSA) is 61.4 Å². The number of carbonyl (C=O) groups excluding carboxylic acids is 1. The average Bonchev–Trinajstić information content (AvgIpc) is 2.67. The minimum atomic E-state index is -0.0442. The fourth-order valence-electron chi connectivity index (χ4n) is 2.76. The van der Waals surface area contributed by atoms with Crippen LogP contribution in [-0.2, 0) is 0 Å². The largest absolute Gasteiger partial charge is 0.369 e. The van der Waals surface area contributed by atoms with Crippen molar-refractivity contribution in [2.45, 2.75) is 13.3 Å². The molecule has 3 rings (SSSR count). The number of carbonyl (C=O) groups is 1. The van der Waals surface area contributed by atoms with Gasteiger partial charge in [-0.05, 0) is 30.7 Å². The molecule has 0 atom stereocenters. The first kappa shape index (κ1) is 16.2. The van der Waals surface area contributed by atoms with Crippen molar-refractivity contribution in [3.8, 4) is 0 Å². The van der Waals surface area contributed by atoms with E-state index in [1.807, 2.05) is 29.2 Å². The molecule has 0 radical (unpaired) electrons. The molecule has 6 nitrogen and oxygen atoms in total. The lowest BCUT2D eigenvalue weighted by Gasteiger charge is -2.35. The number of nitrogens with one attached hydrogen (secondary N) is 1. The highest BCUT2D eigenvalue weighted by atomic mass is 16.2. The van der Waals surface area contributed by atoms with Crippen molar-refractivity contribution in [1.82, 2.24) is 15.1 Å². The number of hydrogen-bond acceptors (Lipinski definition) is 5. The van der Waals surface area contributed by atoms with Crippen molar-refractivity contribution in [3.05, 3.63) is 48.2 Å². The van der Waals surface area contributed by atoms with Crippen molar-refractivity contribution in [3.63, 3.8) is 0 Å². The van der Waals surface area contributed by atoms with Crippen LogP contribution in [0, 0.1) is 0 Å². The highest BCUT2D eigenvalue weighted by molar-refractivity contribution is 5.92. The number of nitrogens with zero attached hydrogens (tertiary/aromatic N) is 4. The van der Waals surface area contributed by atoms with Gasteiger partial charge in [0.05, 0.1) is 0 Å². The number of amides is 1. The molecule has 6 heteroatoms. The molecule has 0 saturated carbocycles. The molecule has 0 aliphatic carbocycles. The van der Waals surface area contributed by atoms with Crippen LogP contribution < -0.4 is 10.2 Å². The predicted molar refractivity (Wildman–Crippen MR) is 95.4 cm³/mol. The van der Waals surface area contributed by atoms with E-state index >= 15 is 0 Å². The Bertz CT molecular complexity index is 651. The lowest BCUT2D eigenvalue weighted by atomic mass is 10.2. The van der Waals surface area contributed by atoms with Gasteiger partial charge in [-0.15, -0.1) is 10.2 Å². The third-order valence-electron chi connectivity index (χ3n) is 4.13. The van der Waals surface area contributed by atoms with Gasteiger partial charge in [-0.3, -0.25) is 4.79 Å². The van der Waals surface area contributed by atoms with Gasteiger partial charge >= 0.3 is 0 Å². The van der Waals surface area contributed by atoms with Crippen LogP contribution in [0.15, 0.2) is 42.5 Å². The second-order valence-electron chi connectivity index (χ2n) is 5.85. The van der Waals surface area contributed by atoms with E-state index in [4.69, 9.17) is 0 Å². The minimum absolute atomic E-state index is 0.0442. The number of benzene rings is 1. The van der Waals surface area contributed by atoms with Crippen molar-refractivity contribution < 1.29 is 4.79 Å². The maximum Gasteiger partial charge on any atom is 0.274 e. The van der Waals surface area contributed by atoms with Gasteiger partial charge in [0.1, 0.15) is 5.82 Å². The molecule has 1 aliphatic rings. The fourth-order valence-corrected chi connectivity index (χ4v) is 2.76. The Labute approximate surface area is 142 Å². The van der Waals surface area contributed by atoms with Gasteiger partial charge in [0, 0.05) is 38.4 Å². The van der Waals surface area contributed by atoms with E-state index in [0.717, 1.165) is 26.1 Å². The molecule has 24 heavy (non-hydrogen) atoms. The Morgan fingerprint density at radius 1 is 1.04 bits per heavy atom. The quantitative estimate of drug-likeness (QED) is 0.914. The molecular weight excluding hydrogens is 302 g/mol. The number of piperazine rings is 1. The smallest absolute Gasteiger partial charge is 0.274 e. The first-order chi connectivity index (χ1) is 11.8. The molecule has 0 bridgehead atoms. The summed E-state index contributed by atoms with van der Waals surface area (Å²) in [5.41, 5.74) is 1.61. The predicted octanol–water partition coefficient (Wildman–Crippen LogP) is 2.26. The average molecular weight is 325 g/mol. The number of rotatable bonds is 5. The third kappa shape index (κ3) is 3.82. The Kier molecular flexibility index (Phi) is 5.25. The summed E-state index contributed by atoms with van der Waals surface area (Å²) >= 11 is 0. The number of para-hydroxylation sites is 1. The Morgan fingerprint density at radius 2 is 1.79 bits per heavy atom. The van der Waals surface area contributed by atoms with Crippen LogP contribution in [0.25, 0.3) is 0 Å². The van der Waals surface area contributed by atoms with Crippen molar-refractivity contribution in [1.29, 1.82) is 0 Å². The molecule has 2 aromatic rings. The molecule has 1 aromatic carbocycles. The SMILES string of the molecule is CCCNc1ccc(C(=O)N2CCN(c3ccccc3)CC2)nn1. The van der Waals surface area contributed by atoms with E-state index < -0.39 is 0 Å². The summed E-state index contributed by atoms with van der Waals surface area (Å²) in [6, 6.07) is 13.9. The molecule has 0 unspecified atom stereocenters. The molecule has 1 aliphatic heterocycles. The fraction of sp³-hybridized carbons (Fsp3) is 0.389. The van der Waals surface area contributed by atoms with E-state index in [1.54, 1.807) is 6.07 Å². The third-order valence-corrected chi connectivity index (χ3v) is 4.13. The lowest BCUT2D eigenvalue weighted by molar-refractivity contribution is 0.0739. The summed E-state index contributed by atoms with van der Waals surface area (Å²) in [6.07, 6.45) is 1.02. The van der Waals surface area contributed by atoms with Crippen LogP contribution in [0.1, 0.15) is 23.8 Å². The van der Waals surface area contributed by atoms with Crippen molar-refractivity contribution in [2.75, 3.05) is 42.9 Å². The van der Waals surface area contributed by atoms with Crippen LogP contribution in [0.5, 0.6) is 0 Å². The molecule has 2 heterocycles. The van der Waals surface area contributed by atoms with E-state index in [9.17, 15) is 4.79 Å². The van der Waals surface area contributed by atoms with Crippen molar-refractivity contribution in [2.24, 2.45) is 0 Å². The Morgan fingerprint density at radius 3 is 2.42 bits per heavy atom. The van der Waals surface area contributed by atoms with Gasteiger partial charge < -0.3 is 15.1 Å². The van der Waals surface area contributed by atoms with Gasteiger partial charge in [0.2, 0.25) is 0 Å². The van der Waals surface area contributed by atoms with Crippen molar-refractivity contribution >= 4 is 17.4 Å². The molecular formula is C18H23N5O. The molecule has 1 saturated heterocycles. The van der Waals surface area contributed by atoms with Gasteiger partial charge in [0.15, 0.2) is 5.69 Å². The lowest BCUT2D eigenvalue weighted by Crippen LogP contribution is -2.49.